The van der Waals surface area contributed by atoms with E-state index < -0.39 is 0 Å². The number of thioether (sulfide) groups is 1. The van der Waals surface area contributed by atoms with E-state index >= 15 is 0 Å². The van der Waals surface area contributed by atoms with E-state index in [4.69, 9.17) is 0 Å². The molecule has 1 amide bonds. The molecule has 2 heterocycles. The van der Waals surface area contributed by atoms with Gasteiger partial charge in [-0.05, 0) is 29.8 Å². The smallest absolute Gasteiger partial charge is 0.226 e. The zero-order valence-electron chi connectivity index (χ0n) is 14.0. The SMILES string of the molecule is O=C(CCSCc1ccccn1)Nc1ncc(Cc2cccc(F)c2)s1. The van der Waals surface area contributed by atoms with E-state index in [1.54, 1.807) is 30.2 Å². The van der Waals surface area contributed by atoms with Crippen LogP contribution >= 0.6 is 23.1 Å². The molecular formula is C19H18FN3OS2. The van der Waals surface area contributed by atoms with Gasteiger partial charge in [0.2, 0.25) is 5.91 Å². The zero-order valence-corrected chi connectivity index (χ0v) is 15.7. The van der Waals surface area contributed by atoms with Crippen molar-refractivity contribution in [1.29, 1.82) is 0 Å². The Morgan fingerprint density at radius 3 is 2.92 bits per heavy atom. The van der Waals surface area contributed by atoms with Crippen LogP contribution in [0.15, 0.2) is 54.9 Å². The van der Waals surface area contributed by atoms with Crippen LogP contribution in [0.25, 0.3) is 0 Å². The Balaban J connectivity index is 1.41. The number of halogens is 1. The summed E-state index contributed by atoms with van der Waals surface area (Å²) in [5, 5.41) is 3.40. The lowest BCUT2D eigenvalue weighted by Crippen LogP contribution is -2.11. The highest BCUT2D eigenvalue weighted by Gasteiger charge is 2.08. The minimum Gasteiger partial charge on any atom is -0.302 e. The van der Waals surface area contributed by atoms with Gasteiger partial charge in [-0.25, -0.2) is 9.37 Å². The van der Waals surface area contributed by atoms with Crippen molar-refractivity contribution in [3.8, 4) is 0 Å². The molecule has 7 heteroatoms. The van der Waals surface area contributed by atoms with E-state index in [1.165, 1.54) is 23.5 Å². The number of aromatic nitrogens is 2. The first-order valence-electron chi connectivity index (χ1n) is 8.16. The Hall–Kier alpha value is -2.25. The molecule has 2 aromatic heterocycles. The Morgan fingerprint density at radius 1 is 1.19 bits per heavy atom. The van der Waals surface area contributed by atoms with E-state index in [0.29, 0.717) is 18.0 Å². The molecule has 1 aromatic carbocycles. The molecule has 0 unspecified atom stereocenters. The average Bonchev–Trinajstić information content (AvgIpc) is 3.06. The van der Waals surface area contributed by atoms with Crippen LogP contribution < -0.4 is 5.32 Å². The molecule has 3 aromatic rings. The number of amides is 1. The number of hydrogen-bond acceptors (Lipinski definition) is 5. The molecule has 0 saturated heterocycles. The minimum absolute atomic E-state index is 0.0508. The summed E-state index contributed by atoms with van der Waals surface area (Å²) in [6.45, 7) is 0. The third kappa shape index (κ3) is 5.93. The molecule has 3 rings (SSSR count). The van der Waals surface area contributed by atoms with Gasteiger partial charge in [0, 0.05) is 41.6 Å². The monoisotopic (exact) mass is 387 g/mol. The number of anilines is 1. The Morgan fingerprint density at radius 2 is 2.12 bits per heavy atom. The zero-order chi connectivity index (χ0) is 18.2. The molecule has 0 spiro atoms. The largest absolute Gasteiger partial charge is 0.302 e. The van der Waals surface area contributed by atoms with Gasteiger partial charge in [0.15, 0.2) is 5.13 Å². The molecule has 0 radical (unpaired) electrons. The number of carbonyl (C=O) groups is 1. The van der Waals surface area contributed by atoms with E-state index in [0.717, 1.165) is 27.6 Å². The fourth-order valence-electron chi connectivity index (χ4n) is 2.30. The Kier molecular flexibility index (Phi) is 6.74. The lowest BCUT2D eigenvalue weighted by molar-refractivity contribution is -0.115. The molecule has 26 heavy (non-hydrogen) atoms. The summed E-state index contributed by atoms with van der Waals surface area (Å²) < 4.78 is 13.2. The summed E-state index contributed by atoms with van der Waals surface area (Å²) in [6.07, 6.45) is 4.52. The maximum absolute atomic E-state index is 13.2. The summed E-state index contributed by atoms with van der Waals surface area (Å²) in [4.78, 5) is 21.5. The van der Waals surface area contributed by atoms with Crippen LogP contribution in [0.5, 0.6) is 0 Å². The van der Waals surface area contributed by atoms with Crippen LogP contribution in [0, 0.1) is 5.82 Å². The van der Waals surface area contributed by atoms with E-state index in [9.17, 15) is 9.18 Å². The normalized spacial score (nSPS) is 10.7. The molecule has 0 fully saturated rings. The number of thiazole rings is 1. The number of hydrogen-bond donors (Lipinski definition) is 1. The van der Waals surface area contributed by atoms with Crippen LogP contribution in [0.4, 0.5) is 9.52 Å². The number of nitrogens with one attached hydrogen (secondary N) is 1. The Labute approximate surface area is 159 Å². The van der Waals surface area contributed by atoms with Crippen LogP contribution in [0.1, 0.15) is 22.6 Å². The molecule has 0 aliphatic carbocycles. The van der Waals surface area contributed by atoms with Crippen molar-refractivity contribution in [1.82, 2.24) is 9.97 Å². The van der Waals surface area contributed by atoms with Crippen LogP contribution in [-0.2, 0) is 17.0 Å². The summed E-state index contributed by atoms with van der Waals surface area (Å²) in [5.41, 5.74) is 1.90. The van der Waals surface area contributed by atoms with Crippen molar-refractivity contribution in [3.05, 3.63) is 76.8 Å². The predicted molar refractivity (Wildman–Crippen MR) is 105 cm³/mol. The lowest BCUT2D eigenvalue weighted by atomic mass is 10.1. The van der Waals surface area contributed by atoms with Gasteiger partial charge in [-0.2, -0.15) is 11.8 Å². The van der Waals surface area contributed by atoms with Gasteiger partial charge in [0.25, 0.3) is 0 Å². The molecule has 4 nitrogen and oxygen atoms in total. The number of benzene rings is 1. The third-order valence-electron chi connectivity index (χ3n) is 3.52. The van der Waals surface area contributed by atoms with Crippen molar-refractivity contribution >= 4 is 34.1 Å². The third-order valence-corrected chi connectivity index (χ3v) is 5.42. The number of pyridine rings is 1. The fourth-order valence-corrected chi connectivity index (χ4v) is 4.02. The van der Waals surface area contributed by atoms with Gasteiger partial charge in [-0.3, -0.25) is 9.78 Å². The lowest BCUT2D eigenvalue weighted by Gasteiger charge is -2.02. The average molecular weight is 388 g/mol. The predicted octanol–water partition coefficient (Wildman–Crippen LogP) is 4.53. The van der Waals surface area contributed by atoms with Crippen molar-refractivity contribution < 1.29 is 9.18 Å². The van der Waals surface area contributed by atoms with Gasteiger partial charge in [-0.15, -0.1) is 11.3 Å². The molecule has 1 N–H and O–H groups in total. The highest BCUT2D eigenvalue weighted by molar-refractivity contribution is 7.98. The quantitative estimate of drug-likeness (QED) is 0.577. The Bertz CT molecular complexity index is 855. The number of carbonyl (C=O) groups excluding carboxylic acids is 1. The molecule has 0 bridgehead atoms. The van der Waals surface area contributed by atoms with Gasteiger partial charge >= 0.3 is 0 Å². The van der Waals surface area contributed by atoms with E-state index in [2.05, 4.69) is 15.3 Å². The highest BCUT2D eigenvalue weighted by atomic mass is 32.2. The van der Waals surface area contributed by atoms with Crippen LogP contribution in [-0.4, -0.2) is 21.6 Å². The molecule has 134 valence electrons. The van der Waals surface area contributed by atoms with Crippen molar-refractivity contribution in [2.45, 2.75) is 18.6 Å². The number of nitrogens with zero attached hydrogens (tertiary/aromatic N) is 2. The first-order chi connectivity index (χ1) is 12.7. The van der Waals surface area contributed by atoms with Gasteiger partial charge in [-0.1, -0.05) is 18.2 Å². The topological polar surface area (TPSA) is 54.9 Å². The first-order valence-corrected chi connectivity index (χ1v) is 10.1. The molecule has 0 saturated carbocycles. The number of rotatable bonds is 8. The maximum Gasteiger partial charge on any atom is 0.226 e. The second-order valence-corrected chi connectivity index (χ2v) is 7.83. The van der Waals surface area contributed by atoms with Crippen LogP contribution in [0.3, 0.4) is 0 Å². The van der Waals surface area contributed by atoms with Crippen LogP contribution in [0.2, 0.25) is 0 Å². The molecular weight excluding hydrogens is 369 g/mol. The van der Waals surface area contributed by atoms with Crippen molar-refractivity contribution in [3.63, 3.8) is 0 Å². The first kappa shape index (κ1) is 18.5. The van der Waals surface area contributed by atoms with E-state index in [-0.39, 0.29) is 11.7 Å². The summed E-state index contributed by atoms with van der Waals surface area (Å²) >= 11 is 3.09. The second-order valence-electron chi connectivity index (χ2n) is 5.61. The summed E-state index contributed by atoms with van der Waals surface area (Å²) in [5.74, 6) is 1.22. The second kappa shape index (κ2) is 9.45. The van der Waals surface area contributed by atoms with Gasteiger partial charge in [0.1, 0.15) is 5.82 Å². The minimum atomic E-state index is -0.247. The molecule has 0 aliphatic rings. The van der Waals surface area contributed by atoms with Gasteiger partial charge in [0.05, 0.1) is 5.69 Å². The molecule has 0 atom stereocenters. The van der Waals surface area contributed by atoms with Crippen molar-refractivity contribution in [2.75, 3.05) is 11.1 Å². The summed E-state index contributed by atoms with van der Waals surface area (Å²) in [6, 6.07) is 12.3. The highest BCUT2D eigenvalue weighted by Crippen LogP contribution is 2.22. The maximum atomic E-state index is 13.2. The van der Waals surface area contributed by atoms with E-state index in [1.807, 2.05) is 24.3 Å². The summed E-state index contributed by atoms with van der Waals surface area (Å²) in [7, 11) is 0. The fraction of sp³-hybridized carbons (Fsp3) is 0.211. The molecule has 0 aliphatic heterocycles. The van der Waals surface area contributed by atoms with Gasteiger partial charge < -0.3 is 5.32 Å². The standard InChI is InChI=1S/C19H18FN3OS2/c20-15-5-3-4-14(10-15)11-17-12-22-19(26-17)23-18(24)7-9-25-13-16-6-1-2-8-21-16/h1-6,8,10,12H,7,9,11,13H2,(H,22,23,24). The van der Waals surface area contributed by atoms with Crippen molar-refractivity contribution in [2.24, 2.45) is 0 Å².